The molecule has 0 aliphatic carbocycles. The van der Waals surface area contributed by atoms with Crippen molar-refractivity contribution in [1.29, 1.82) is 0 Å². The molecule has 5 nitrogen and oxygen atoms in total. The highest BCUT2D eigenvalue weighted by molar-refractivity contribution is 5.92. The van der Waals surface area contributed by atoms with E-state index in [0.29, 0.717) is 18.7 Å². The third kappa shape index (κ3) is 2.64. The van der Waals surface area contributed by atoms with Gasteiger partial charge in [0.05, 0.1) is 5.92 Å². The van der Waals surface area contributed by atoms with Crippen molar-refractivity contribution in [2.75, 3.05) is 13.1 Å². The molecule has 1 saturated heterocycles. The molecule has 0 aromatic carbocycles. The smallest absolute Gasteiger partial charge is 0.308 e. The van der Waals surface area contributed by atoms with Gasteiger partial charge in [-0.25, -0.2) is 0 Å². The second-order valence-corrected chi connectivity index (χ2v) is 4.84. The number of rotatable bonds is 4. The van der Waals surface area contributed by atoms with Crippen LogP contribution in [-0.4, -0.2) is 35.0 Å². The fourth-order valence-corrected chi connectivity index (χ4v) is 2.47. The molecule has 104 valence electrons. The lowest BCUT2D eigenvalue weighted by molar-refractivity contribution is -0.141. The van der Waals surface area contributed by atoms with Crippen LogP contribution in [-0.2, 0) is 17.6 Å². The van der Waals surface area contributed by atoms with Crippen molar-refractivity contribution in [1.82, 2.24) is 4.90 Å². The van der Waals surface area contributed by atoms with E-state index in [4.69, 9.17) is 9.52 Å². The average molecular weight is 265 g/mol. The molecule has 1 aliphatic heterocycles. The molecule has 1 fully saturated rings. The number of nitrogens with zero attached hydrogens (tertiary/aromatic N) is 1. The van der Waals surface area contributed by atoms with Crippen molar-refractivity contribution in [3.8, 4) is 0 Å². The van der Waals surface area contributed by atoms with Gasteiger partial charge < -0.3 is 14.4 Å². The zero-order chi connectivity index (χ0) is 14.0. The number of aliphatic carboxylic acids is 1. The van der Waals surface area contributed by atoms with Gasteiger partial charge in [-0.3, -0.25) is 9.59 Å². The van der Waals surface area contributed by atoms with Crippen molar-refractivity contribution >= 4 is 11.9 Å². The van der Waals surface area contributed by atoms with Crippen LogP contribution in [0.4, 0.5) is 0 Å². The molecule has 19 heavy (non-hydrogen) atoms. The van der Waals surface area contributed by atoms with Crippen molar-refractivity contribution in [3.05, 3.63) is 23.2 Å². The monoisotopic (exact) mass is 265 g/mol. The molecule has 0 saturated carbocycles. The number of aryl methyl sites for hydroxylation is 2. The second-order valence-electron chi connectivity index (χ2n) is 4.84. The predicted octanol–water partition coefficient (Wildman–Crippen LogP) is 1.95. The molecule has 1 aliphatic rings. The van der Waals surface area contributed by atoms with E-state index in [1.807, 2.05) is 13.8 Å². The Labute approximate surface area is 112 Å². The van der Waals surface area contributed by atoms with Crippen molar-refractivity contribution in [2.45, 2.75) is 33.1 Å². The summed E-state index contributed by atoms with van der Waals surface area (Å²) in [6, 6.07) is 1.79. The maximum Gasteiger partial charge on any atom is 0.308 e. The number of hydrogen-bond acceptors (Lipinski definition) is 3. The summed E-state index contributed by atoms with van der Waals surface area (Å²) in [7, 11) is 0. The molecule has 1 amide bonds. The SMILES string of the molecule is CCc1cc(C(=O)N2CCC(C(=O)O)C2)oc1CC. The van der Waals surface area contributed by atoms with E-state index < -0.39 is 11.9 Å². The highest BCUT2D eigenvalue weighted by atomic mass is 16.4. The standard InChI is InChI=1S/C14H19NO4/c1-3-9-7-12(19-11(9)4-2)13(16)15-6-5-10(8-15)14(17)18/h7,10H,3-6,8H2,1-2H3,(H,17,18). The highest BCUT2D eigenvalue weighted by Crippen LogP contribution is 2.22. The van der Waals surface area contributed by atoms with Gasteiger partial charge in [0.15, 0.2) is 5.76 Å². The Morgan fingerprint density at radius 1 is 1.42 bits per heavy atom. The van der Waals surface area contributed by atoms with Gasteiger partial charge >= 0.3 is 5.97 Å². The van der Waals surface area contributed by atoms with E-state index in [9.17, 15) is 9.59 Å². The summed E-state index contributed by atoms with van der Waals surface area (Å²) in [5.41, 5.74) is 1.06. The lowest BCUT2D eigenvalue weighted by Gasteiger charge is -2.13. The number of likely N-dealkylation sites (tertiary alicyclic amines) is 1. The molecule has 0 bridgehead atoms. The molecule has 1 atom stereocenters. The Morgan fingerprint density at radius 2 is 2.16 bits per heavy atom. The molecule has 0 radical (unpaired) electrons. The summed E-state index contributed by atoms with van der Waals surface area (Å²) >= 11 is 0. The second kappa shape index (κ2) is 5.47. The maximum atomic E-state index is 12.3. The topological polar surface area (TPSA) is 70.8 Å². The minimum Gasteiger partial charge on any atom is -0.481 e. The minimum atomic E-state index is -0.835. The van der Waals surface area contributed by atoms with E-state index in [-0.39, 0.29) is 12.5 Å². The summed E-state index contributed by atoms with van der Waals surface area (Å²) < 4.78 is 5.59. The number of carbonyl (C=O) groups is 2. The molecule has 1 unspecified atom stereocenters. The van der Waals surface area contributed by atoms with E-state index in [2.05, 4.69) is 0 Å². The fraction of sp³-hybridized carbons (Fsp3) is 0.571. The number of hydrogen-bond donors (Lipinski definition) is 1. The van der Waals surface area contributed by atoms with Gasteiger partial charge in [0.1, 0.15) is 5.76 Å². The lowest BCUT2D eigenvalue weighted by atomic mass is 10.1. The summed E-state index contributed by atoms with van der Waals surface area (Å²) in [5, 5.41) is 8.95. The van der Waals surface area contributed by atoms with Gasteiger partial charge in [0, 0.05) is 19.5 Å². The third-order valence-electron chi connectivity index (χ3n) is 3.63. The number of carbonyl (C=O) groups excluding carboxylic acids is 1. The summed E-state index contributed by atoms with van der Waals surface area (Å²) in [6.45, 7) is 4.77. The Balaban J connectivity index is 2.12. The highest BCUT2D eigenvalue weighted by Gasteiger charge is 2.32. The van der Waals surface area contributed by atoms with Crippen LogP contribution >= 0.6 is 0 Å². The van der Waals surface area contributed by atoms with Crippen LogP contribution in [0.3, 0.4) is 0 Å². The van der Waals surface area contributed by atoms with Gasteiger partial charge in [-0.15, -0.1) is 0 Å². The molecule has 2 heterocycles. The first-order chi connectivity index (χ1) is 9.06. The Morgan fingerprint density at radius 3 is 2.63 bits per heavy atom. The van der Waals surface area contributed by atoms with Crippen molar-refractivity contribution in [2.24, 2.45) is 5.92 Å². The third-order valence-corrected chi connectivity index (χ3v) is 3.63. The first-order valence-corrected chi connectivity index (χ1v) is 6.70. The summed E-state index contributed by atoms with van der Waals surface area (Å²) in [4.78, 5) is 24.7. The molecular weight excluding hydrogens is 246 g/mol. The molecule has 5 heteroatoms. The van der Waals surface area contributed by atoms with Crippen LogP contribution in [0.1, 0.15) is 42.1 Å². The van der Waals surface area contributed by atoms with Gasteiger partial charge in [0.25, 0.3) is 5.91 Å². The molecular formula is C14H19NO4. The molecule has 0 spiro atoms. The van der Waals surface area contributed by atoms with Crippen LogP contribution in [0, 0.1) is 5.92 Å². The Kier molecular flexibility index (Phi) is 3.93. The van der Waals surface area contributed by atoms with E-state index >= 15 is 0 Å². The van der Waals surface area contributed by atoms with Crippen molar-refractivity contribution < 1.29 is 19.1 Å². The predicted molar refractivity (Wildman–Crippen MR) is 69.1 cm³/mol. The quantitative estimate of drug-likeness (QED) is 0.903. The van der Waals surface area contributed by atoms with Crippen molar-refractivity contribution in [3.63, 3.8) is 0 Å². The molecule has 1 aromatic rings. The first-order valence-electron chi connectivity index (χ1n) is 6.70. The number of amides is 1. The fourth-order valence-electron chi connectivity index (χ4n) is 2.47. The Bertz CT molecular complexity index is 470. The summed E-state index contributed by atoms with van der Waals surface area (Å²) in [5.74, 6) is -0.300. The minimum absolute atomic E-state index is 0.196. The lowest BCUT2D eigenvalue weighted by Crippen LogP contribution is -2.29. The zero-order valence-corrected chi connectivity index (χ0v) is 11.3. The van der Waals surface area contributed by atoms with Crippen LogP contribution in [0.25, 0.3) is 0 Å². The van der Waals surface area contributed by atoms with Gasteiger partial charge in [-0.05, 0) is 24.5 Å². The molecule has 1 N–H and O–H groups in total. The van der Waals surface area contributed by atoms with E-state index in [1.165, 1.54) is 0 Å². The summed E-state index contributed by atoms with van der Waals surface area (Å²) in [6.07, 6.45) is 2.11. The van der Waals surface area contributed by atoms with Crippen LogP contribution in [0.2, 0.25) is 0 Å². The van der Waals surface area contributed by atoms with Gasteiger partial charge in [0.2, 0.25) is 0 Å². The van der Waals surface area contributed by atoms with E-state index in [0.717, 1.165) is 24.2 Å². The number of carboxylic acids is 1. The normalized spacial score (nSPS) is 18.8. The Hall–Kier alpha value is -1.78. The molecule has 1 aromatic heterocycles. The molecule has 2 rings (SSSR count). The van der Waals surface area contributed by atoms with Crippen LogP contribution in [0.15, 0.2) is 10.5 Å². The first kappa shape index (κ1) is 13.6. The largest absolute Gasteiger partial charge is 0.481 e. The van der Waals surface area contributed by atoms with Gasteiger partial charge in [-0.2, -0.15) is 0 Å². The number of furan rings is 1. The van der Waals surface area contributed by atoms with E-state index in [1.54, 1.807) is 11.0 Å². The zero-order valence-electron chi connectivity index (χ0n) is 11.3. The van der Waals surface area contributed by atoms with Crippen LogP contribution in [0.5, 0.6) is 0 Å². The average Bonchev–Trinajstić information content (AvgIpc) is 3.04. The van der Waals surface area contributed by atoms with Gasteiger partial charge in [-0.1, -0.05) is 13.8 Å². The maximum absolute atomic E-state index is 12.3. The number of carboxylic acid groups (broad SMARTS) is 1. The van der Waals surface area contributed by atoms with Crippen LogP contribution < -0.4 is 0 Å².